The molecule has 0 aliphatic heterocycles. The van der Waals surface area contributed by atoms with Crippen molar-refractivity contribution < 1.29 is 9.53 Å². The highest BCUT2D eigenvalue weighted by atomic mass is 35.5. The van der Waals surface area contributed by atoms with E-state index in [0.717, 1.165) is 27.8 Å². The smallest absolute Gasteiger partial charge is 0.268 e. The van der Waals surface area contributed by atoms with Crippen LogP contribution in [0.2, 0.25) is 5.02 Å². The molecule has 0 unspecified atom stereocenters. The van der Waals surface area contributed by atoms with Crippen LogP contribution in [0.4, 0.5) is 0 Å². The highest BCUT2D eigenvalue weighted by Gasteiger charge is 2.19. The van der Waals surface area contributed by atoms with Crippen LogP contribution < -0.4 is 10.1 Å². The third-order valence-electron chi connectivity index (χ3n) is 4.44. The zero-order valence-electron chi connectivity index (χ0n) is 14.6. The number of para-hydroxylation sites is 1. The molecule has 5 heteroatoms. The first-order chi connectivity index (χ1) is 12.1. The summed E-state index contributed by atoms with van der Waals surface area (Å²) in [4.78, 5) is 12.9. The molecule has 0 aliphatic carbocycles. The van der Waals surface area contributed by atoms with Crippen molar-refractivity contribution in [3.8, 4) is 5.75 Å². The maximum atomic E-state index is 12.9. The van der Waals surface area contributed by atoms with Crippen molar-refractivity contribution in [1.82, 2.24) is 9.88 Å². The quantitative estimate of drug-likeness (QED) is 0.728. The number of benzene rings is 2. The van der Waals surface area contributed by atoms with Crippen molar-refractivity contribution in [2.45, 2.75) is 26.9 Å². The summed E-state index contributed by atoms with van der Waals surface area (Å²) < 4.78 is 7.37. The van der Waals surface area contributed by atoms with E-state index in [-0.39, 0.29) is 5.91 Å². The van der Waals surface area contributed by atoms with Crippen LogP contribution in [0.3, 0.4) is 0 Å². The summed E-state index contributed by atoms with van der Waals surface area (Å²) in [5, 5.41) is 4.69. The first kappa shape index (κ1) is 17.4. The van der Waals surface area contributed by atoms with E-state index >= 15 is 0 Å². The molecule has 1 aromatic heterocycles. The number of amides is 1. The van der Waals surface area contributed by atoms with Crippen molar-refractivity contribution in [3.05, 3.63) is 64.3 Å². The second-order valence-corrected chi connectivity index (χ2v) is 6.31. The summed E-state index contributed by atoms with van der Waals surface area (Å²) in [6, 6.07) is 13.4. The predicted molar refractivity (Wildman–Crippen MR) is 102 cm³/mol. The second-order valence-electron chi connectivity index (χ2n) is 5.87. The second kappa shape index (κ2) is 7.19. The Kier molecular flexibility index (Phi) is 5.00. The molecule has 3 rings (SSSR count). The van der Waals surface area contributed by atoms with Crippen molar-refractivity contribution in [2.24, 2.45) is 0 Å². The number of fused-ring (bicyclic) bond motifs is 1. The summed E-state index contributed by atoms with van der Waals surface area (Å²) in [7, 11) is 1.63. The van der Waals surface area contributed by atoms with Gasteiger partial charge in [-0.25, -0.2) is 0 Å². The summed E-state index contributed by atoms with van der Waals surface area (Å²) in [5.41, 5.74) is 3.58. The van der Waals surface area contributed by atoms with Crippen molar-refractivity contribution >= 4 is 28.4 Å². The predicted octanol–water partition coefficient (Wildman–Crippen LogP) is 4.56. The number of aromatic nitrogens is 1. The zero-order valence-corrected chi connectivity index (χ0v) is 15.4. The van der Waals surface area contributed by atoms with Gasteiger partial charge in [0.1, 0.15) is 11.4 Å². The average molecular weight is 357 g/mol. The van der Waals surface area contributed by atoms with Gasteiger partial charge in [0.05, 0.1) is 7.11 Å². The van der Waals surface area contributed by atoms with Gasteiger partial charge in [0.15, 0.2) is 0 Å². The van der Waals surface area contributed by atoms with Crippen LogP contribution in [-0.4, -0.2) is 17.6 Å². The minimum atomic E-state index is -0.0995. The number of nitrogens with one attached hydrogen (secondary N) is 1. The monoisotopic (exact) mass is 356 g/mol. The maximum absolute atomic E-state index is 12.9. The average Bonchev–Trinajstić information content (AvgIpc) is 2.91. The maximum Gasteiger partial charge on any atom is 0.268 e. The molecule has 25 heavy (non-hydrogen) atoms. The highest BCUT2D eigenvalue weighted by molar-refractivity contribution is 6.31. The fourth-order valence-corrected chi connectivity index (χ4v) is 3.40. The summed E-state index contributed by atoms with van der Waals surface area (Å²) in [6.45, 7) is 5.12. The molecular formula is C20H21ClN2O2. The third-order valence-corrected chi connectivity index (χ3v) is 4.68. The van der Waals surface area contributed by atoms with Crippen molar-refractivity contribution in [2.75, 3.05) is 7.11 Å². The van der Waals surface area contributed by atoms with Crippen LogP contribution in [-0.2, 0) is 13.1 Å². The van der Waals surface area contributed by atoms with Crippen LogP contribution in [0.5, 0.6) is 5.75 Å². The fraction of sp³-hybridized carbons (Fsp3) is 0.250. The molecular weight excluding hydrogens is 336 g/mol. The summed E-state index contributed by atoms with van der Waals surface area (Å²) >= 11 is 6.13. The first-order valence-corrected chi connectivity index (χ1v) is 8.63. The number of aryl methyl sites for hydroxylation is 2. The number of carbonyl (C=O) groups excluding carboxylic acids is 1. The van der Waals surface area contributed by atoms with Crippen molar-refractivity contribution in [3.63, 3.8) is 0 Å². The highest BCUT2D eigenvalue weighted by Crippen LogP contribution is 2.28. The largest absolute Gasteiger partial charge is 0.496 e. The minimum Gasteiger partial charge on any atom is -0.496 e. The number of nitrogens with zero attached hydrogens (tertiary/aromatic N) is 1. The Hall–Kier alpha value is -2.46. The van der Waals surface area contributed by atoms with E-state index < -0.39 is 0 Å². The van der Waals surface area contributed by atoms with Crippen LogP contribution in [0.15, 0.2) is 42.5 Å². The molecule has 2 aromatic carbocycles. The normalized spacial score (nSPS) is 10.9. The Morgan fingerprint density at radius 1 is 1.24 bits per heavy atom. The summed E-state index contributed by atoms with van der Waals surface area (Å²) in [6.07, 6.45) is 0. The van der Waals surface area contributed by atoms with Gasteiger partial charge < -0.3 is 14.6 Å². The molecule has 3 aromatic rings. The van der Waals surface area contributed by atoms with E-state index in [0.29, 0.717) is 23.8 Å². The van der Waals surface area contributed by atoms with E-state index in [1.807, 2.05) is 60.9 Å². The van der Waals surface area contributed by atoms with E-state index in [1.54, 1.807) is 7.11 Å². The molecule has 130 valence electrons. The lowest BCUT2D eigenvalue weighted by Gasteiger charge is -2.12. The zero-order chi connectivity index (χ0) is 18.0. The number of carbonyl (C=O) groups is 1. The van der Waals surface area contributed by atoms with Gasteiger partial charge in [-0.1, -0.05) is 29.8 Å². The number of ether oxygens (including phenoxy) is 1. The first-order valence-electron chi connectivity index (χ1n) is 8.25. The Labute approximate surface area is 152 Å². The SMILES string of the molecule is CCn1c(C(=O)NCc2ccccc2OC)c(C)c2cc(Cl)ccc21. The molecule has 0 saturated carbocycles. The van der Waals surface area contributed by atoms with Crippen LogP contribution in [0.1, 0.15) is 28.5 Å². The minimum absolute atomic E-state index is 0.0995. The van der Waals surface area contributed by atoms with E-state index in [4.69, 9.17) is 16.3 Å². The molecule has 1 heterocycles. The van der Waals surface area contributed by atoms with Gasteiger partial charge in [0.25, 0.3) is 5.91 Å². The Bertz CT molecular complexity index is 931. The number of rotatable bonds is 5. The van der Waals surface area contributed by atoms with Gasteiger partial charge in [0.2, 0.25) is 0 Å². The lowest BCUT2D eigenvalue weighted by molar-refractivity contribution is 0.0941. The van der Waals surface area contributed by atoms with Gasteiger partial charge in [-0.05, 0) is 43.7 Å². The molecule has 0 radical (unpaired) electrons. The third kappa shape index (κ3) is 3.22. The van der Waals surface area contributed by atoms with E-state index in [1.165, 1.54) is 0 Å². The van der Waals surface area contributed by atoms with Crippen LogP contribution in [0, 0.1) is 6.92 Å². The van der Waals surface area contributed by atoms with E-state index in [9.17, 15) is 4.79 Å². The topological polar surface area (TPSA) is 43.3 Å². The molecule has 4 nitrogen and oxygen atoms in total. The molecule has 0 atom stereocenters. The Morgan fingerprint density at radius 3 is 2.72 bits per heavy atom. The molecule has 0 bridgehead atoms. The van der Waals surface area contributed by atoms with Gasteiger partial charge in [-0.3, -0.25) is 4.79 Å². The fourth-order valence-electron chi connectivity index (χ4n) is 3.22. The van der Waals surface area contributed by atoms with Crippen molar-refractivity contribution in [1.29, 1.82) is 0 Å². The number of hydrogen-bond donors (Lipinski definition) is 1. The number of halogens is 1. The molecule has 0 saturated heterocycles. The van der Waals surface area contributed by atoms with Gasteiger partial charge >= 0.3 is 0 Å². The molecule has 1 N–H and O–H groups in total. The van der Waals surface area contributed by atoms with Crippen LogP contribution in [0.25, 0.3) is 10.9 Å². The Balaban J connectivity index is 1.93. The lowest BCUT2D eigenvalue weighted by atomic mass is 10.1. The van der Waals surface area contributed by atoms with Gasteiger partial charge in [0, 0.05) is 34.6 Å². The van der Waals surface area contributed by atoms with Crippen LogP contribution >= 0.6 is 11.6 Å². The van der Waals surface area contributed by atoms with Gasteiger partial charge in [-0.15, -0.1) is 0 Å². The summed E-state index contributed by atoms with van der Waals surface area (Å²) in [5.74, 6) is 0.667. The molecule has 1 amide bonds. The number of methoxy groups -OCH3 is 1. The molecule has 0 spiro atoms. The lowest BCUT2D eigenvalue weighted by Crippen LogP contribution is -2.26. The van der Waals surface area contributed by atoms with Gasteiger partial charge in [-0.2, -0.15) is 0 Å². The molecule has 0 aliphatic rings. The number of hydrogen-bond acceptors (Lipinski definition) is 2. The Morgan fingerprint density at radius 2 is 2.00 bits per heavy atom. The standard InChI is InChI=1S/C20H21ClN2O2/c1-4-23-17-10-9-15(21)11-16(17)13(2)19(23)20(24)22-12-14-7-5-6-8-18(14)25-3/h5-11H,4,12H2,1-3H3,(H,22,24). The molecule has 0 fully saturated rings. The van der Waals surface area contributed by atoms with E-state index in [2.05, 4.69) is 5.32 Å².